The van der Waals surface area contributed by atoms with E-state index >= 15 is 0 Å². The lowest BCUT2D eigenvalue weighted by Gasteiger charge is -2.27. The molecule has 2 rings (SSSR count). The maximum Gasteiger partial charge on any atom is 0.292 e. The summed E-state index contributed by atoms with van der Waals surface area (Å²) in [5.41, 5.74) is 5.64. The minimum atomic E-state index is -0.623. The van der Waals surface area contributed by atoms with E-state index in [0.29, 0.717) is 18.5 Å². The van der Waals surface area contributed by atoms with Crippen LogP contribution in [0.1, 0.15) is 36.0 Å². The van der Waals surface area contributed by atoms with E-state index in [1.54, 1.807) is 0 Å². The Morgan fingerprint density at radius 1 is 1.35 bits per heavy atom. The second-order valence-electron chi connectivity index (χ2n) is 5.00. The summed E-state index contributed by atoms with van der Waals surface area (Å²) in [5, 5.41) is 23.5. The Kier molecular flexibility index (Phi) is 4.19. The largest absolute Gasteiger partial charge is 0.393 e. The predicted octanol–water partition coefficient (Wildman–Crippen LogP) is 1.41. The summed E-state index contributed by atoms with van der Waals surface area (Å²) in [4.78, 5) is 21.7. The molecule has 0 bridgehead atoms. The first-order valence-electron chi connectivity index (χ1n) is 6.50. The number of nitrogens with one attached hydrogen (secondary N) is 1. The Morgan fingerprint density at radius 3 is 2.55 bits per heavy atom. The van der Waals surface area contributed by atoms with Crippen LogP contribution in [0.15, 0.2) is 18.2 Å². The zero-order valence-corrected chi connectivity index (χ0v) is 10.9. The lowest BCUT2D eigenvalue weighted by atomic mass is 9.93. The van der Waals surface area contributed by atoms with Crippen molar-refractivity contribution in [2.45, 2.75) is 37.8 Å². The number of carbonyl (C=O) groups excluding carboxylic acids is 1. The fourth-order valence-electron chi connectivity index (χ4n) is 2.40. The highest BCUT2D eigenvalue weighted by Crippen LogP contribution is 2.29. The molecule has 0 heterocycles. The molecule has 0 spiro atoms. The molecule has 1 aliphatic carbocycles. The van der Waals surface area contributed by atoms with Crippen LogP contribution in [0.4, 0.5) is 11.4 Å². The highest BCUT2D eigenvalue weighted by molar-refractivity contribution is 5.94. The minimum absolute atomic E-state index is 0.0558. The summed E-state index contributed by atoms with van der Waals surface area (Å²) >= 11 is 0. The van der Waals surface area contributed by atoms with E-state index in [9.17, 15) is 20.0 Å². The van der Waals surface area contributed by atoms with Crippen molar-refractivity contribution in [2.24, 2.45) is 5.73 Å². The molecule has 0 radical (unpaired) electrons. The highest BCUT2D eigenvalue weighted by Gasteiger charge is 2.23. The molecule has 1 aliphatic rings. The van der Waals surface area contributed by atoms with Gasteiger partial charge in [0.05, 0.1) is 11.0 Å². The second-order valence-corrected chi connectivity index (χ2v) is 5.00. The fourth-order valence-corrected chi connectivity index (χ4v) is 2.40. The number of rotatable bonds is 4. The standard InChI is InChI=1S/C13H17N3O4/c14-13(18)8-1-6-12(16(19)20)11(7-8)15-9-2-4-10(17)5-3-9/h1,6-7,9-10,15,17H,2-5H2,(H2,14,18). The number of primary amides is 1. The number of carbonyl (C=O) groups is 1. The number of nitro benzene ring substituents is 1. The molecule has 20 heavy (non-hydrogen) atoms. The lowest BCUT2D eigenvalue weighted by molar-refractivity contribution is -0.384. The number of hydrogen-bond acceptors (Lipinski definition) is 5. The zero-order chi connectivity index (χ0) is 14.7. The van der Waals surface area contributed by atoms with E-state index in [1.807, 2.05) is 0 Å². The van der Waals surface area contributed by atoms with Crippen molar-refractivity contribution in [3.05, 3.63) is 33.9 Å². The Labute approximate surface area is 115 Å². The summed E-state index contributed by atoms with van der Waals surface area (Å²) in [5.74, 6) is -0.623. The molecule has 0 saturated heterocycles. The molecule has 0 unspecified atom stereocenters. The first-order chi connectivity index (χ1) is 9.47. The number of anilines is 1. The lowest BCUT2D eigenvalue weighted by Crippen LogP contribution is -2.28. The van der Waals surface area contributed by atoms with E-state index in [4.69, 9.17) is 5.73 Å². The summed E-state index contributed by atoms with van der Waals surface area (Å²) in [6.45, 7) is 0. The number of nitrogens with zero attached hydrogens (tertiary/aromatic N) is 1. The average Bonchev–Trinajstić information content (AvgIpc) is 2.41. The predicted molar refractivity (Wildman–Crippen MR) is 73.5 cm³/mol. The minimum Gasteiger partial charge on any atom is -0.393 e. The molecule has 0 aliphatic heterocycles. The number of aliphatic hydroxyl groups is 1. The van der Waals surface area contributed by atoms with Crippen LogP contribution in [0.2, 0.25) is 0 Å². The van der Waals surface area contributed by atoms with Gasteiger partial charge in [-0.15, -0.1) is 0 Å². The second kappa shape index (κ2) is 5.87. The third-order valence-electron chi connectivity index (χ3n) is 3.53. The molecule has 7 heteroatoms. The van der Waals surface area contributed by atoms with Gasteiger partial charge in [0.2, 0.25) is 5.91 Å². The van der Waals surface area contributed by atoms with Crippen LogP contribution in [-0.4, -0.2) is 28.1 Å². The molecule has 1 aromatic carbocycles. The highest BCUT2D eigenvalue weighted by atomic mass is 16.6. The number of aliphatic hydroxyl groups excluding tert-OH is 1. The molecule has 0 aromatic heterocycles. The van der Waals surface area contributed by atoms with E-state index < -0.39 is 10.8 Å². The van der Waals surface area contributed by atoms with Gasteiger partial charge in [0.1, 0.15) is 5.69 Å². The van der Waals surface area contributed by atoms with Gasteiger partial charge in [-0.05, 0) is 37.8 Å². The van der Waals surface area contributed by atoms with Crippen LogP contribution in [0.25, 0.3) is 0 Å². The van der Waals surface area contributed by atoms with Crippen LogP contribution >= 0.6 is 0 Å². The molecular formula is C13H17N3O4. The Hall–Kier alpha value is -2.15. The molecule has 7 nitrogen and oxygen atoms in total. The van der Waals surface area contributed by atoms with E-state index in [-0.39, 0.29) is 23.4 Å². The third-order valence-corrected chi connectivity index (χ3v) is 3.53. The van der Waals surface area contributed by atoms with Crippen LogP contribution < -0.4 is 11.1 Å². The topological polar surface area (TPSA) is 118 Å². The summed E-state index contributed by atoms with van der Waals surface area (Å²) in [6, 6.07) is 4.09. The van der Waals surface area contributed by atoms with Gasteiger partial charge in [-0.2, -0.15) is 0 Å². The first-order valence-corrected chi connectivity index (χ1v) is 6.50. The molecule has 0 atom stereocenters. The van der Waals surface area contributed by atoms with E-state index in [0.717, 1.165) is 12.8 Å². The maximum atomic E-state index is 11.2. The number of amides is 1. The molecule has 1 saturated carbocycles. The van der Waals surface area contributed by atoms with Crippen molar-refractivity contribution >= 4 is 17.3 Å². The molecule has 1 amide bonds. The Bertz CT molecular complexity index is 524. The van der Waals surface area contributed by atoms with Crippen molar-refractivity contribution in [2.75, 3.05) is 5.32 Å². The average molecular weight is 279 g/mol. The third kappa shape index (κ3) is 3.24. The number of benzene rings is 1. The fraction of sp³-hybridized carbons (Fsp3) is 0.462. The van der Waals surface area contributed by atoms with Gasteiger partial charge in [0, 0.05) is 17.7 Å². The number of nitro groups is 1. The SMILES string of the molecule is NC(=O)c1ccc([N+](=O)[O-])c(NC2CCC(O)CC2)c1. The van der Waals surface area contributed by atoms with Crippen LogP contribution in [0, 0.1) is 10.1 Å². The van der Waals surface area contributed by atoms with E-state index in [2.05, 4.69) is 5.32 Å². The Morgan fingerprint density at radius 2 is 2.00 bits per heavy atom. The molecule has 1 fully saturated rings. The van der Waals surface area contributed by atoms with E-state index in [1.165, 1.54) is 18.2 Å². The summed E-state index contributed by atoms with van der Waals surface area (Å²) in [6.07, 6.45) is 2.51. The normalized spacial score (nSPS) is 22.2. The quantitative estimate of drug-likeness (QED) is 0.568. The van der Waals surface area contributed by atoms with Gasteiger partial charge in [0.15, 0.2) is 0 Å². The smallest absolute Gasteiger partial charge is 0.292 e. The summed E-state index contributed by atoms with van der Waals surface area (Å²) < 4.78 is 0. The van der Waals surface area contributed by atoms with Crippen LogP contribution in [0.5, 0.6) is 0 Å². The van der Waals surface area contributed by atoms with Crippen LogP contribution in [0.3, 0.4) is 0 Å². The molecule has 108 valence electrons. The maximum absolute atomic E-state index is 11.2. The number of nitrogens with two attached hydrogens (primary N) is 1. The van der Waals surface area contributed by atoms with Crippen molar-refractivity contribution < 1.29 is 14.8 Å². The van der Waals surface area contributed by atoms with Gasteiger partial charge in [-0.3, -0.25) is 14.9 Å². The van der Waals surface area contributed by atoms with Crippen molar-refractivity contribution in [1.29, 1.82) is 0 Å². The van der Waals surface area contributed by atoms with Crippen molar-refractivity contribution in [3.8, 4) is 0 Å². The molecular weight excluding hydrogens is 262 g/mol. The van der Waals surface area contributed by atoms with Gasteiger partial charge in [0.25, 0.3) is 5.69 Å². The van der Waals surface area contributed by atoms with Crippen molar-refractivity contribution in [1.82, 2.24) is 0 Å². The van der Waals surface area contributed by atoms with Gasteiger partial charge < -0.3 is 16.2 Å². The van der Waals surface area contributed by atoms with Gasteiger partial charge in [-0.1, -0.05) is 0 Å². The Balaban J connectivity index is 2.21. The van der Waals surface area contributed by atoms with Crippen molar-refractivity contribution in [3.63, 3.8) is 0 Å². The first kappa shape index (κ1) is 14.3. The van der Waals surface area contributed by atoms with Gasteiger partial charge in [-0.25, -0.2) is 0 Å². The molecule has 4 N–H and O–H groups in total. The summed E-state index contributed by atoms with van der Waals surface area (Å²) in [7, 11) is 0. The number of hydrogen-bond donors (Lipinski definition) is 3. The zero-order valence-electron chi connectivity index (χ0n) is 10.9. The van der Waals surface area contributed by atoms with Crippen LogP contribution in [-0.2, 0) is 0 Å². The van der Waals surface area contributed by atoms with Gasteiger partial charge >= 0.3 is 0 Å². The monoisotopic (exact) mass is 279 g/mol. The molecule has 1 aromatic rings.